The van der Waals surface area contributed by atoms with Crippen molar-refractivity contribution in [3.63, 3.8) is 0 Å². The van der Waals surface area contributed by atoms with Crippen LogP contribution in [0.15, 0.2) is 14.9 Å². The van der Waals surface area contributed by atoms with Crippen LogP contribution in [-0.4, -0.2) is 23.2 Å². The quantitative estimate of drug-likeness (QED) is 0.435. The molecule has 1 aliphatic rings. The second-order valence-corrected chi connectivity index (χ2v) is 4.94. The maximum atomic E-state index is 3.39. The van der Waals surface area contributed by atoms with Gasteiger partial charge < -0.3 is 0 Å². The number of allylic oxidation sites excluding steroid dienone is 2. The molecule has 0 fully saturated rings. The van der Waals surface area contributed by atoms with Gasteiger partial charge in [-0.25, -0.2) is 0 Å². The van der Waals surface area contributed by atoms with Gasteiger partial charge in [-0.3, -0.25) is 0 Å². The standard InChI is InChI=1S/C6H7.Bi.Zr.H/c1-5(2)6(3)4;;;/h1H,2-3H3;;;/q-1;;;. The van der Waals surface area contributed by atoms with E-state index in [2.05, 4.69) is 21.4 Å². The van der Waals surface area contributed by atoms with Gasteiger partial charge in [0.15, 0.2) is 0 Å². The molecular weight excluding hydrogens is 372 g/mol. The molecule has 42 valence electrons. The number of hydrogen-bond donors (Lipinski definition) is 0. The summed E-state index contributed by atoms with van der Waals surface area (Å²) in [6, 6.07) is 0. The Morgan fingerprint density at radius 1 is 1.50 bits per heavy atom. The van der Waals surface area contributed by atoms with Gasteiger partial charge in [-0.05, 0) is 0 Å². The van der Waals surface area contributed by atoms with Crippen LogP contribution >= 0.6 is 0 Å². The zero-order valence-corrected chi connectivity index (χ0v) is 11.4. The van der Waals surface area contributed by atoms with Gasteiger partial charge in [-0.2, -0.15) is 0 Å². The van der Waals surface area contributed by atoms with Crippen molar-refractivity contribution in [2.45, 2.75) is 13.8 Å². The Hall–Kier alpha value is 1.25. The Balaban J connectivity index is 0.000000490. The third-order valence-corrected chi connectivity index (χ3v) is 5.40. The summed E-state index contributed by atoms with van der Waals surface area (Å²) in [5.41, 5.74) is 2.88. The van der Waals surface area contributed by atoms with Crippen molar-refractivity contribution < 1.29 is 26.2 Å². The van der Waals surface area contributed by atoms with Crippen molar-refractivity contribution in [1.82, 2.24) is 0 Å². The summed E-state index contributed by atoms with van der Waals surface area (Å²) in [4.78, 5) is 0. The minimum absolute atomic E-state index is 0. The van der Waals surface area contributed by atoms with Crippen molar-refractivity contribution in [1.29, 1.82) is 0 Å². The van der Waals surface area contributed by atoms with Gasteiger partial charge in [0.1, 0.15) is 0 Å². The first kappa shape index (κ1) is 9.25. The molecule has 1 heterocycles. The number of rotatable bonds is 0. The minimum atomic E-state index is -0.411. The van der Waals surface area contributed by atoms with E-state index in [4.69, 9.17) is 0 Å². The summed E-state index contributed by atoms with van der Waals surface area (Å²) < 4.78 is 5.77. The summed E-state index contributed by atoms with van der Waals surface area (Å²) in [6.07, 6.45) is 0. The first-order chi connectivity index (χ1) is 3.30. The van der Waals surface area contributed by atoms with Gasteiger partial charge in [0.25, 0.3) is 0 Å². The minimum Gasteiger partial charge on any atom is 0 e. The van der Waals surface area contributed by atoms with Gasteiger partial charge in [-0.15, -0.1) is 0 Å². The van der Waals surface area contributed by atoms with E-state index in [9.17, 15) is 0 Å². The second kappa shape index (κ2) is 4.12. The molecule has 0 atom stereocenters. The fraction of sp³-hybridized carbons (Fsp3) is 0.333. The molecule has 1 aliphatic heterocycles. The van der Waals surface area contributed by atoms with Crippen LogP contribution in [0.3, 0.4) is 0 Å². The third-order valence-electron chi connectivity index (χ3n) is 1.14. The summed E-state index contributed by atoms with van der Waals surface area (Å²) in [5.74, 6) is 0. The van der Waals surface area contributed by atoms with E-state index in [0.717, 1.165) is 0 Å². The van der Waals surface area contributed by atoms with Crippen molar-refractivity contribution in [3.8, 4) is 0 Å². The van der Waals surface area contributed by atoms with Crippen LogP contribution in [0.25, 0.3) is 0 Å². The van der Waals surface area contributed by atoms with Crippen LogP contribution in [0.1, 0.15) is 13.8 Å². The molecule has 0 aromatic rings. The monoisotopic (exact) mass is 379 g/mol. The Labute approximate surface area is 81.1 Å². The normalized spacial score (nSPS) is 16.8. The molecule has 0 amide bonds. The van der Waals surface area contributed by atoms with Gasteiger partial charge >= 0.3 is 55.8 Å². The molecule has 2 heteroatoms. The average molecular weight is 380 g/mol. The van der Waals surface area contributed by atoms with Crippen molar-refractivity contribution >= 4 is 23.2 Å². The Morgan fingerprint density at radius 3 is 2.25 bits per heavy atom. The van der Waals surface area contributed by atoms with E-state index in [1.165, 1.54) is 11.1 Å². The molecule has 0 saturated heterocycles. The molecule has 0 saturated carbocycles. The molecule has 0 unspecified atom stereocenters. The summed E-state index contributed by atoms with van der Waals surface area (Å²) in [5, 5.41) is 0. The first-order valence-electron chi connectivity index (χ1n) is 2.33. The van der Waals surface area contributed by atoms with E-state index < -0.39 is 23.2 Å². The van der Waals surface area contributed by atoms with E-state index >= 15 is 0 Å². The average Bonchev–Trinajstić information content (AvgIpc) is 1.91. The molecule has 0 aromatic carbocycles. The van der Waals surface area contributed by atoms with Gasteiger partial charge in [0.2, 0.25) is 0 Å². The SMILES string of the molecule is CC1=[C-][BiH][CH]=C1C.[Zr]. The molecule has 0 radical (unpaired) electrons. The van der Waals surface area contributed by atoms with Crippen molar-refractivity contribution in [3.05, 3.63) is 18.7 Å². The Morgan fingerprint density at radius 2 is 2.12 bits per heavy atom. The first-order valence-corrected chi connectivity index (χ1v) is 6.52. The van der Waals surface area contributed by atoms with Crippen LogP contribution < -0.4 is 0 Å². The van der Waals surface area contributed by atoms with Crippen LogP contribution in [0.4, 0.5) is 0 Å². The molecule has 0 spiro atoms. The van der Waals surface area contributed by atoms with E-state index in [1.54, 1.807) is 0 Å². The zero-order chi connectivity index (χ0) is 5.28. The molecule has 0 aliphatic carbocycles. The Kier molecular flexibility index (Phi) is 4.77. The number of hydrogen-bond acceptors (Lipinski definition) is 0. The van der Waals surface area contributed by atoms with E-state index in [1.807, 2.05) is 0 Å². The molecule has 8 heavy (non-hydrogen) atoms. The van der Waals surface area contributed by atoms with Crippen LogP contribution in [0, 0.1) is 3.78 Å². The molecule has 0 aromatic heterocycles. The van der Waals surface area contributed by atoms with Crippen LogP contribution in [0.2, 0.25) is 0 Å². The molecule has 0 nitrogen and oxygen atoms in total. The third kappa shape index (κ3) is 2.24. The second-order valence-electron chi connectivity index (χ2n) is 1.72. The summed E-state index contributed by atoms with van der Waals surface area (Å²) >= 11 is -0.411. The van der Waals surface area contributed by atoms with Crippen molar-refractivity contribution in [2.75, 3.05) is 0 Å². The topological polar surface area (TPSA) is 0 Å². The predicted molar refractivity (Wildman–Crippen MR) is 33.3 cm³/mol. The maximum Gasteiger partial charge on any atom is 0 e. The zero-order valence-electron chi connectivity index (χ0n) is 5.08. The summed E-state index contributed by atoms with van der Waals surface area (Å²) in [6.45, 7) is 4.31. The molecular formula is C6H8BiZr-. The maximum absolute atomic E-state index is 3.39. The van der Waals surface area contributed by atoms with Crippen molar-refractivity contribution in [2.24, 2.45) is 0 Å². The molecule has 0 bridgehead atoms. The van der Waals surface area contributed by atoms with Gasteiger partial charge in [0, 0.05) is 26.2 Å². The summed E-state index contributed by atoms with van der Waals surface area (Å²) in [7, 11) is 0. The fourth-order valence-electron chi connectivity index (χ4n) is 0.459. The Bertz CT molecular complexity index is 119. The van der Waals surface area contributed by atoms with Gasteiger partial charge in [0.05, 0.1) is 0 Å². The van der Waals surface area contributed by atoms with Crippen LogP contribution in [-0.2, 0) is 26.2 Å². The fourth-order valence-corrected chi connectivity index (χ4v) is 4.03. The largest absolute Gasteiger partial charge is 0 e. The van der Waals surface area contributed by atoms with E-state index in [-0.39, 0.29) is 26.2 Å². The van der Waals surface area contributed by atoms with Gasteiger partial charge in [-0.1, -0.05) is 0 Å². The van der Waals surface area contributed by atoms with Crippen LogP contribution in [0.5, 0.6) is 0 Å². The smallest absolute Gasteiger partial charge is 0 e. The molecule has 0 N–H and O–H groups in total. The predicted octanol–water partition coefficient (Wildman–Crippen LogP) is 1.04. The van der Waals surface area contributed by atoms with E-state index in [0.29, 0.717) is 0 Å². The molecule has 1 rings (SSSR count).